The van der Waals surface area contributed by atoms with Gasteiger partial charge in [0, 0.05) is 62.3 Å². The van der Waals surface area contributed by atoms with Crippen LogP contribution in [-0.2, 0) is 39.9 Å². The van der Waals surface area contributed by atoms with Gasteiger partial charge < -0.3 is 76.6 Å². The lowest BCUT2D eigenvalue weighted by molar-refractivity contribution is 0.365. The Balaban J connectivity index is 0.000000124. The summed E-state index contributed by atoms with van der Waals surface area (Å²) in [6, 6.07) is 151. The monoisotopic (exact) mass is 1980 g/mol. The van der Waals surface area contributed by atoms with Crippen LogP contribution in [0.1, 0.15) is 142 Å². The topological polar surface area (TPSA) is 303 Å². The molecular formula is C135H116O15. The molecule has 1 aliphatic carbocycles. The Hall–Kier alpha value is -18.9. The molecular weight excluding hydrogens is 1860 g/mol. The summed E-state index contributed by atoms with van der Waals surface area (Å²) >= 11 is 0. The van der Waals surface area contributed by atoms with Crippen LogP contribution >= 0.6 is 0 Å². The second-order valence-corrected chi connectivity index (χ2v) is 38.8. The molecule has 0 aromatic heterocycles. The number of phenols is 15. The molecule has 0 radical (unpaired) electrons. The molecule has 22 rings (SSSR count). The van der Waals surface area contributed by atoms with Gasteiger partial charge in [-0.2, -0.15) is 0 Å². The standard InChI is InChI=1S/C29H28O3.C27H24O2.C25H18O2.C21H16O2.C20H18O2.C13H12O4/c1-28(2,21-8-14-25(30)15-9-21)20-4-6-22(7-5-20)29(3,23-10-16-26(31)17-11-23)24-12-18-27(32)19-13-24;1-27(2,21-13-15-25(28)23(17-21)19-9-5-3-6-10-19)22-14-16-26(29)24(18-22)20-11-7-4-8-12-20;26-19-13-9-17(10-14-19)25(18-11-15-20(27)16-12-18)23-7-3-1-5-21(23)22-6-2-4-8-24(22)25;22-20-11-9-14-5-1-3-7-16(14)18(20)13-19-17-8-4-2-6-15(17)10-12-21(19)23;1-20(15-5-3-2-4-6-15,16-7-11-18(21)12-8-16)17-9-13-19(22)14-10-17;14-10-4-1-8(2-5-10)7-9-3-6-11(15)13(17)12(9)16/h4-19,30-32H,1-3H3;3-18,28-29H,1-2H3;1-16,26-27H;1-12,22-23H,13H2;2-14,21-22H,1H3;1-6,14-17H,7H2. The van der Waals surface area contributed by atoms with Crippen LogP contribution < -0.4 is 0 Å². The van der Waals surface area contributed by atoms with Crippen LogP contribution in [0.2, 0.25) is 0 Å². The lowest BCUT2D eigenvalue weighted by Gasteiger charge is -2.33. The summed E-state index contributed by atoms with van der Waals surface area (Å²) in [6.45, 7) is 13.0. The van der Waals surface area contributed by atoms with Crippen LogP contribution in [-0.4, -0.2) is 76.6 Å². The van der Waals surface area contributed by atoms with Gasteiger partial charge in [0.25, 0.3) is 0 Å². The van der Waals surface area contributed by atoms with E-state index in [2.05, 4.69) is 139 Å². The molecule has 746 valence electrons. The lowest BCUT2D eigenvalue weighted by Crippen LogP contribution is -2.28. The van der Waals surface area contributed by atoms with E-state index >= 15 is 0 Å². The molecule has 15 nitrogen and oxygen atoms in total. The van der Waals surface area contributed by atoms with E-state index in [1.165, 1.54) is 39.9 Å². The van der Waals surface area contributed by atoms with Crippen LogP contribution in [0, 0.1) is 0 Å². The quantitative estimate of drug-likeness (QED) is 0.0281. The zero-order chi connectivity index (χ0) is 106. The Morgan fingerprint density at radius 2 is 0.460 bits per heavy atom. The van der Waals surface area contributed by atoms with E-state index < -0.39 is 16.6 Å². The second kappa shape index (κ2) is 44.4. The maximum atomic E-state index is 10.4. The van der Waals surface area contributed by atoms with Gasteiger partial charge in [-0.15, -0.1) is 0 Å². The minimum atomic E-state index is -0.513. The maximum Gasteiger partial charge on any atom is 0.200 e. The van der Waals surface area contributed by atoms with Crippen LogP contribution in [0.3, 0.4) is 0 Å². The summed E-state index contributed by atoms with van der Waals surface area (Å²) in [5.41, 5.74) is 22.9. The lowest BCUT2D eigenvalue weighted by atomic mass is 9.68. The summed E-state index contributed by atoms with van der Waals surface area (Å²) in [4.78, 5) is 0. The van der Waals surface area contributed by atoms with Gasteiger partial charge in [0.05, 0.1) is 5.41 Å². The number of hydrogen-bond donors (Lipinski definition) is 15. The third kappa shape index (κ3) is 21.8. The fourth-order valence-electron chi connectivity index (χ4n) is 20.2. The number of rotatable bonds is 18. The first-order valence-corrected chi connectivity index (χ1v) is 49.4. The van der Waals surface area contributed by atoms with Crippen molar-refractivity contribution < 1.29 is 76.6 Å². The summed E-state index contributed by atoms with van der Waals surface area (Å²) in [7, 11) is 0. The highest BCUT2D eigenvalue weighted by atomic mass is 16.3. The first-order valence-electron chi connectivity index (χ1n) is 49.4. The van der Waals surface area contributed by atoms with Crippen LogP contribution in [0.4, 0.5) is 0 Å². The fourth-order valence-corrected chi connectivity index (χ4v) is 20.2. The van der Waals surface area contributed by atoms with Crippen molar-refractivity contribution in [2.75, 3.05) is 0 Å². The zero-order valence-corrected chi connectivity index (χ0v) is 83.7. The number of phenolic OH excluding ortho intramolecular Hbond substituents is 15. The molecule has 0 unspecified atom stereocenters. The number of benzene rings is 21. The normalized spacial score (nSPS) is 11.8. The molecule has 0 saturated heterocycles. The van der Waals surface area contributed by atoms with E-state index in [0.29, 0.717) is 18.4 Å². The molecule has 150 heavy (non-hydrogen) atoms. The molecule has 0 aliphatic heterocycles. The predicted molar refractivity (Wildman–Crippen MR) is 599 cm³/mol. The van der Waals surface area contributed by atoms with Crippen molar-refractivity contribution in [1.82, 2.24) is 0 Å². The summed E-state index contributed by atoms with van der Waals surface area (Å²) in [5, 5.41) is 151. The molecule has 1 aliphatic rings. The third-order valence-corrected chi connectivity index (χ3v) is 29.0. The van der Waals surface area contributed by atoms with Gasteiger partial charge in [-0.25, -0.2) is 0 Å². The van der Waals surface area contributed by atoms with Gasteiger partial charge in [-0.05, 0) is 281 Å². The molecule has 0 heterocycles. The number of aromatic hydroxyl groups is 15. The van der Waals surface area contributed by atoms with Crippen LogP contribution in [0.15, 0.2) is 479 Å². The highest BCUT2D eigenvalue weighted by Crippen LogP contribution is 2.57. The van der Waals surface area contributed by atoms with E-state index in [1.807, 2.05) is 237 Å². The smallest absolute Gasteiger partial charge is 0.200 e. The van der Waals surface area contributed by atoms with E-state index in [9.17, 15) is 71.5 Å². The van der Waals surface area contributed by atoms with E-state index in [-0.39, 0.29) is 96.7 Å². The highest BCUT2D eigenvalue weighted by Gasteiger charge is 2.46. The van der Waals surface area contributed by atoms with Gasteiger partial charge >= 0.3 is 0 Å². The second-order valence-electron chi connectivity index (χ2n) is 38.8. The van der Waals surface area contributed by atoms with Gasteiger partial charge in [-0.1, -0.05) is 367 Å². The first kappa shape index (κ1) is 103. The molecule has 21 aromatic rings. The van der Waals surface area contributed by atoms with Crippen molar-refractivity contribution in [2.45, 2.75) is 81.5 Å². The third-order valence-electron chi connectivity index (χ3n) is 29.0. The minimum Gasteiger partial charge on any atom is -0.508 e. The largest absolute Gasteiger partial charge is 0.508 e. The van der Waals surface area contributed by atoms with E-state index in [4.69, 9.17) is 5.11 Å². The molecule has 0 spiro atoms. The SMILES string of the molecule is CC(C)(c1ccc(O)c(-c2ccccc2)c1)c1ccc(O)c(-c2ccccc2)c1.CC(C)(c1ccc(O)cc1)c1ccc(C(C)(c2ccc(O)cc2)c2ccc(O)cc2)cc1.CC(c1ccccc1)(c1ccc(O)cc1)c1ccc(O)cc1.Oc1ccc(C2(c3ccc(O)cc3)c3ccccc3-c3ccccc32)cc1.Oc1ccc(Cc2ccc(O)c(O)c2O)cc1.Oc1ccc2ccccc2c1Cc1c(O)ccc2ccccc12. The molecule has 0 saturated carbocycles. The Morgan fingerprint density at radius 3 is 0.827 bits per heavy atom. The summed E-state index contributed by atoms with van der Waals surface area (Å²) in [6.07, 6.45) is 0.889. The van der Waals surface area contributed by atoms with E-state index in [0.717, 1.165) is 122 Å². The Labute approximate surface area is 873 Å². The predicted octanol–water partition coefficient (Wildman–Crippen LogP) is 30.2. The average Bonchev–Trinajstić information content (AvgIpc) is 1.53. The molecule has 21 aromatic carbocycles. The molecule has 0 bridgehead atoms. The minimum absolute atomic E-state index is 0.173. The highest BCUT2D eigenvalue weighted by molar-refractivity contribution is 5.92. The molecule has 15 heteroatoms. The fraction of sp³-hybridized carbons (Fsp3) is 0.0963. The Bertz CT molecular complexity index is 7870. The Kier molecular flexibility index (Phi) is 30.4. The van der Waals surface area contributed by atoms with Crippen LogP contribution in [0.5, 0.6) is 86.2 Å². The average molecular weight is 1980 g/mol. The van der Waals surface area contributed by atoms with Crippen molar-refractivity contribution in [3.63, 3.8) is 0 Å². The van der Waals surface area contributed by atoms with Gasteiger partial charge in [0.2, 0.25) is 5.75 Å². The van der Waals surface area contributed by atoms with E-state index in [1.54, 1.807) is 133 Å². The summed E-state index contributed by atoms with van der Waals surface area (Å²) < 4.78 is 0. The van der Waals surface area contributed by atoms with Gasteiger partial charge in [-0.3, -0.25) is 0 Å². The van der Waals surface area contributed by atoms with Crippen molar-refractivity contribution in [1.29, 1.82) is 0 Å². The van der Waals surface area contributed by atoms with Crippen molar-refractivity contribution in [2.24, 2.45) is 0 Å². The molecule has 0 fully saturated rings. The van der Waals surface area contributed by atoms with Crippen molar-refractivity contribution in [3.8, 4) is 120 Å². The van der Waals surface area contributed by atoms with Crippen LogP contribution in [0.25, 0.3) is 54.9 Å². The first-order chi connectivity index (χ1) is 72.3. The van der Waals surface area contributed by atoms with Crippen molar-refractivity contribution in [3.05, 3.63) is 579 Å². The molecule has 0 atom stereocenters. The van der Waals surface area contributed by atoms with Gasteiger partial charge in [0.15, 0.2) is 11.5 Å². The number of hydrogen-bond acceptors (Lipinski definition) is 15. The molecule has 15 N–H and O–H groups in total. The molecule has 0 amide bonds. The van der Waals surface area contributed by atoms with Crippen molar-refractivity contribution >= 4 is 21.5 Å². The van der Waals surface area contributed by atoms with Gasteiger partial charge in [0.1, 0.15) is 69.0 Å². The number of fused-ring (bicyclic) bond motifs is 5. The maximum absolute atomic E-state index is 10.4. The Morgan fingerprint density at radius 1 is 0.193 bits per heavy atom. The zero-order valence-electron chi connectivity index (χ0n) is 83.7. The summed E-state index contributed by atoms with van der Waals surface area (Å²) in [5.74, 6) is 1.78.